The first kappa shape index (κ1) is 15.1. The van der Waals surface area contributed by atoms with Gasteiger partial charge in [0.1, 0.15) is 5.82 Å². The molecule has 1 rings (SSSR count). The molecule has 0 fully saturated rings. The van der Waals surface area contributed by atoms with E-state index in [1.165, 1.54) is 23.1 Å². The van der Waals surface area contributed by atoms with Crippen LogP contribution in [0.25, 0.3) is 0 Å². The van der Waals surface area contributed by atoms with Gasteiger partial charge < -0.3 is 15.5 Å². The lowest BCUT2D eigenvalue weighted by Gasteiger charge is -2.08. The molecule has 104 valence electrons. The summed E-state index contributed by atoms with van der Waals surface area (Å²) in [6.45, 7) is 1.32. The molecule has 0 heterocycles. The van der Waals surface area contributed by atoms with Crippen molar-refractivity contribution in [2.75, 3.05) is 32.5 Å². The van der Waals surface area contributed by atoms with Crippen LogP contribution in [0.3, 0.4) is 0 Å². The average Bonchev–Trinajstić information content (AvgIpc) is 2.36. The second-order valence-corrected chi connectivity index (χ2v) is 4.50. The highest BCUT2D eigenvalue weighted by Gasteiger charge is 2.14. The highest BCUT2D eigenvalue weighted by Crippen LogP contribution is 2.11. The Balaban J connectivity index is 2.37. The predicted molar refractivity (Wildman–Crippen MR) is 70.3 cm³/mol. The second-order valence-electron chi connectivity index (χ2n) is 4.50. The summed E-state index contributed by atoms with van der Waals surface area (Å²) in [4.78, 5) is 24.2. The van der Waals surface area contributed by atoms with E-state index in [1.54, 1.807) is 6.07 Å². The van der Waals surface area contributed by atoms with E-state index >= 15 is 0 Å². The molecule has 0 aliphatic rings. The van der Waals surface area contributed by atoms with Crippen LogP contribution in [0.2, 0.25) is 0 Å². The van der Waals surface area contributed by atoms with Gasteiger partial charge in [0.15, 0.2) is 0 Å². The van der Waals surface area contributed by atoms with Crippen LogP contribution in [0.4, 0.5) is 10.1 Å². The molecule has 0 unspecified atom stereocenters. The van der Waals surface area contributed by atoms with Gasteiger partial charge in [-0.2, -0.15) is 0 Å². The Labute approximate surface area is 111 Å². The van der Waals surface area contributed by atoms with Gasteiger partial charge in [-0.25, -0.2) is 4.39 Å². The predicted octanol–water partition coefficient (Wildman–Crippen LogP) is -0.585. The number of amides is 2. The monoisotopic (exact) mass is 268 g/mol. The van der Waals surface area contributed by atoms with Gasteiger partial charge in [0.05, 0.1) is 26.3 Å². The zero-order valence-corrected chi connectivity index (χ0v) is 11.1. The molecule has 0 saturated heterocycles. The average molecular weight is 268 g/mol. The molecule has 0 saturated carbocycles. The van der Waals surface area contributed by atoms with Crippen molar-refractivity contribution in [3.05, 3.63) is 30.1 Å². The van der Waals surface area contributed by atoms with Crippen molar-refractivity contribution in [3.63, 3.8) is 0 Å². The maximum atomic E-state index is 13.3. The van der Waals surface area contributed by atoms with Gasteiger partial charge in [0.25, 0.3) is 0 Å². The standard InChI is InChI=1S/C13H18FN3O2/c1-17(2)9-5-8-15-12(18)13(19)16-11-7-4-3-6-10(11)14/h3-4,6-7H,5,8-9H2,1-2H3,(H,15,18)(H,16,19)/p+1. The number of nitrogens with one attached hydrogen (secondary N) is 3. The lowest BCUT2D eigenvalue weighted by Crippen LogP contribution is -3.05. The number of quaternary nitrogens is 1. The number of carbonyl (C=O) groups excluding carboxylic acids is 2. The van der Waals surface area contributed by atoms with Crippen LogP contribution in [0.15, 0.2) is 24.3 Å². The van der Waals surface area contributed by atoms with E-state index < -0.39 is 17.6 Å². The number of carbonyl (C=O) groups is 2. The summed E-state index contributed by atoms with van der Waals surface area (Å²) in [7, 11) is 4.01. The molecule has 0 aromatic heterocycles. The van der Waals surface area contributed by atoms with Crippen LogP contribution in [0.1, 0.15) is 6.42 Å². The largest absolute Gasteiger partial charge is 0.348 e. The molecular formula is C13H19FN3O2+. The van der Waals surface area contributed by atoms with Gasteiger partial charge in [-0.1, -0.05) is 12.1 Å². The Morgan fingerprint density at radius 1 is 1.21 bits per heavy atom. The van der Waals surface area contributed by atoms with Gasteiger partial charge in [-0.15, -0.1) is 0 Å². The van der Waals surface area contributed by atoms with Crippen LogP contribution >= 0.6 is 0 Å². The van der Waals surface area contributed by atoms with Gasteiger partial charge in [-0.05, 0) is 12.1 Å². The van der Waals surface area contributed by atoms with Crippen LogP contribution in [-0.2, 0) is 9.59 Å². The Bertz CT molecular complexity index is 449. The number of para-hydroxylation sites is 1. The molecule has 2 amide bonds. The molecule has 19 heavy (non-hydrogen) atoms. The Morgan fingerprint density at radius 3 is 2.53 bits per heavy atom. The minimum atomic E-state index is -0.859. The molecule has 0 aliphatic carbocycles. The molecule has 1 aromatic carbocycles. The fraction of sp³-hybridized carbons (Fsp3) is 0.385. The first-order valence-corrected chi connectivity index (χ1v) is 6.13. The van der Waals surface area contributed by atoms with E-state index in [0.717, 1.165) is 13.0 Å². The van der Waals surface area contributed by atoms with Crippen molar-refractivity contribution in [3.8, 4) is 0 Å². The van der Waals surface area contributed by atoms with Crippen molar-refractivity contribution in [2.45, 2.75) is 6.42 Å². The first-order chi connectivity index (χ1) is 9.00. The van der Waals surface area contributed by atoms with E-state index in [2.05, 4.69) is 10.6 Å². The molecule has 3 N–H and O–H groups in total. The molecule has 0 bridgehead atoms. The Hall–Kier alpha value is -1.95. The van der Waals surface area contributed by atoms with Crippen LogP contribution in [0.5, 0.6) is 0 Å². The summed E-state index contributed by atoms with van der Waals surface area (Å²) in [5, 5.41) is 4.72. The normalized spacial score (nSPS) is 10.3. The number of hydrogen-bond donors (Lipinski definition) is 3. The summed E-state index contributed by atoms with van der Waals surface area (Å²) in [5.74, 6) is -2.18. The molecular weight excluding hydrogens is 249 g/mol. The molecule has 6 heteroatoms. The molecule has 0 radical (unpaired) electrons. The molecule has 0 spiro atoms. The lowest BCUT2D eigenvalue weighted by atomic mass is 10.3. The lowest BCUT2D eigenvalue weighted by molar-refractivity contribution is -0.858. The smallest absolute Gasteiger partial charge is 0.313 e. The second kappa shape index (κ2) is 7.48. The summed E-state index contributed by atoms with van der Waals surface area (Å²) in [6, 6.07) is 5.70. The zero-order chi connectivity index (χ0) is 14.3. The molecule has 5 nitrogen and oxygen atoms in total. The highest BCUT2D eigenvalue weighted by atomic mass is 19.1. The molecule has 1 aromatic rings. The first-order valence-electron chi connectivity index (χ1n) is 6.13. The summed E-state index contributed by atoms with van der Waals surface area (Å²) in [5.41, 5.74) is 0.000357. The number of halogens is 1. The summed E-state index contributed by atoms with van der Waals surface area (Å²) >= 11 is 0. The molecule has 0 atom stereocenters. The van der Waals surface area contributed by atoms with E-state index in [9.17, 15) is 14.0 Å². The minimum absolute atomic E-state index is 0.000357. The summed E-state index contributed by atoms with van der Waals surface area (Å²) in [6.07, 6.45) is 0.779. The fourth-order valence-electron chi connectivity index (χ4n) is 1.47. The third-order valence-electron chi connectivity index (χ3n) is 2.47. The zero-order valence-electron chi connectivity index (χ0n) is 11.1. The number of hydrogen-bond acceptors (Lipinski definition) is 2. The van der Waals surface area contributed by atoms with Gasteiger partial charge in [-0.3, -0.25) is 9.59 Å². The topological polar surface area (TPSA) is 62.6 Å². The Morgan fingerprint density at radius 2 is 1.89 bits per heavy atom. The van der Waals surface area contributed by atoms with Crippen molar-refractivity contribution >= 4 is 17.5 Å². The van der Waals surface area contributed by atoms with E-state index in [1.807, 2.05) is 14.1 Å². The van der Waals surface area contributed by atoms with Crippen molar-refractivity contribution in [2.24, 2.45) is 0 Å². The van der Waals surface area contributed by atoms with Crippen molar-refractivity contribution < 1.29 is 18.9 Å². The minimum Gasteiger partial charge on any atom is -0.348 e. The maximum absolute atomic E-state index is 13.3. The van der Waals surface area contributed by atoms with E-state index in [-0.39, 0.29) is 5.69 Å². The van der Waals surface area contributed by atoms with Crippen LogP contribution in [0, 0.1) is 5.82 Å². The quantitative estimate of drug-likeness (QED) is 0.494. The number of benzene rings is 1. The third-order valence-corrected chi connectivity index (χ3v) is 2.47. The fourth-order valence-corrected chi connectivity index (χ4v) is 1.47. The van der Waals surface area contributed by atoms with E-state index in [0.29, 0.717) is 6.54 Å². The van der Waals surface area contributed by atoms with Crippen molar-refractivity contribution in [1.82, 2.24) is 5.32 Å². The Kier molecular flexibility index (Phi) is 5.95. The molecule has 0 aliphatic heterocycles. The van der Waals surface area contributed by atoms with Crippen molar-refractivity contribution in [1.29, 1.82) is 0 Å². The van der Waals surface area contributed by atoms with Crippen LogP contribution in [-0.4, -0.2) is 39.0 Å². The maximum Gasteiger partial charge on any atom is 0.313 e. The van der Waals surface area contributed by atoms with Gasteiger partial charge in [0.2, 0.25) is 0 Å². The number of rotatable bonds is 5. The third kappa shape index (κ3) is 5.48. The van der Waals surface area contributed by atoms with Crippen LogP contribution < -0.4 is 15.5 Å². The van der Waals surface area contributed by atoms with E-state index in [4.69, 9.17) is 0 Å². The number of anilines is 1. The SMILES string of the molecule is C[NH+](C)CCCNC(=O)C(=O)Nc1ccccc1F. The highest BCUT2D eigenvalue weighted by molar-refractivity contribution is 6.39. The van der Waals surface area contributed by atoms with Gasteiger partial charge in [0, 0.05) is 13.0 Å². The summed E-state index contributed by atoms with van der Waals surface area (Å²) < 4.78 is 13.3. The van der Waals surface area contributed by atoms with Gasteiger partial charge >= 0.3 is 11.8 Å².